The Morgan fingerprint density at radius 1 is 0.340 bits per heavy atom. The summed E-state index contributed by atoms with van der Waals surface area (Å²) in [6.45, 7) is 25.6. The van der Waals surface area contributed by atoms with E-state index < -0.39 is 0 Å². The highest BCUT2D eigenvalue weighted by Crippen LogP contribution is 2.51. The van der Waals surface area contributed by atoms with E-state index in [1.165, 1.54) is 35.3 Å². The van der Waals surface area contributed by atoms with E-state index in [2.05, 4.69) is 83.1 Å². The molecule has 0 bridgehead atoms. The van der Waals surface area contributed by atoms with Crippen molar-refractivity contribution in [3.8, 4) is 23.0 Å². The van der Waals surface area contributed by atoms with Gasteiger partial charge in [-0.05, 0) is 92.4 Å². The average molecular weight is 691 g/mol. The van der Waals surface area contributed by atoms with Crippen molar-refractivity contribution in [3.63, 3.8) is 0 Å². The molecule has 0 saturated carbocycles. The van der Waals surface area contributed by atoms with Crippen molar-refractivity contribution >= 4 is 35.3 Å². The highest BCUT2D eigenvalue weighted by atomic mass is 32.2. The molecule has 4 nitrogen and oxygen atoms in total. The van der Waals surface area contributed by atoms with Crippen molar-refractivity contribution in [2.24, 2.45) is 0 Å². The highest BCUT2D eigenvalue weighted by molar-refractivity contribution is 8.01. The topological polar surface area (TPSA) is 80.9 Å². The molecule has 0 aliphatic carbocycles. The van der Waals surface area contributed by atoms with Gasteiger partial charge in [-0.1, -0.05) is 131 Å². The van der Waals surface area contributed by atoms with Gasteiger partial charge in [-0.25, -0.2) is 0 Å². The Morgan fingerprint density at radius 2 is 0.574 bits per heavy atom. The van der Waals surface area contributed by atoms with E-state index in [4.69, 9.17) is 0 Å². The minimum atomic E-state index is -0.223. The number of hydrogen-bond acceptors (Lipinski definition) is 7. The molecular formula is C40H50O4S3. The largest absolute Gasteiger partial charge is 0.507 e. The van der Waals surface area contributed by atoms with Crippen molar-refractivity contribution in [2.45, 2.75) is 134 Å². The zero-order valence-electron chi connectivity index (χ0n) is 29.8. The number of phenols is 4. The van der Waals surface area contributed by atoms with Gasteiger partial charge in [0.05, 0.1) is 29.4 Å². The second-order valence-corrected chi connectivity index (χ2v) is 19.6. The Morgan fingerprint density at radius 3 is 0.830 bits per heavy atom. The molecule has 0 spiro atoms. The van der Waals surface area contributed by atoms with Crippen LogP contribution >= 0.6 is 35.3 Å². The van der Waals surface area contributed by atoms with Crippen LogP contribution < -0.4 is 0 Å². The molecule has 4 aromatic carbocycles. The van der Waals surface area contributed by atoms with E-state index >= 15 is 0 Å². The third kappa shape index (κ3) is 8.79. The molecular weight excluding hydrogens is 641 g/mol. The predicted molar refractivity (Wildman–Crippen MR) is 200 cm³/mol. The Balaban J connectivity index is 1.85. The maximum atomic E-state index is 11.7. The minimum absolute atomic E-state index is 0.0962. The van der Waals surface area contributed by atoms with Crippen LogP contribution in [0.1, 0.15) is 105 Å². The van der Waals surface area contributed by atoms with Gasteiger partial charge in [-0.3, -0.25) is 0 Å². The van der Waals surface area contributed by atoms with E-state index in [0.29, 0.717) is 29.4 Å². The van der Waals surface area contributed by atoms with E-state index in [1.54, 1.807) is 12.1 Å². The van der Waals surface area contributed by atoms with Gasteiger partial charge in [0.1, 0.15) is 23.0 Å². The summed E-state index contributed by atoms with van der Waals surface area (Å²) < 4.78 is 0. The Hall–Kier alpha value is -2.87. The molecule has 4 aromatic rings. The lowest BCUT2D eigenvalue weighted by molar-refractivity contribution is 0.443. The summed E-state index contributed by atoms with van der Waals surface area (Å²) in [5.41, 5.74) is 3.58. The summed E-state index contributed by atoms with van der Waals surface area (Å²) in [6, 6.07) is 19.2. The van der Waals surface area contributed by atoms with Crippen molar-refractivity contribution in [1.29, 1.82) is 0 Å². The molecule has 0 unspecified atom stereocenters. The molecule has 0 amide bonds. The number of phenolic OH excluding ortho intramolecular Hbond substituents is 4. The van der Waals surface area contributed by atoms with Gasteiger partial charge in [0.25, 0.3) is 0 Å². The first-order chi connectivity index (χ1) is 21.4. The normalized spacial score (nSPS) is 12.9. The van der Waals surface area contributed by atoms with Crippen LogP contribution in [0.5, 0.6) is 23.0 Å². The quantitative estimate of drug-likeness (QED) is 0.160. The van der Waals surface area contributed by atoms with Gasteiger partial charge in [-0.2, -0.15) is 0 Å². The summed E-state index contributed by atoms with van der Waals surface area (Å²) in [4.78, 5) is 3.83. The summed E-state index contributed by atoms with van der Waals surface area (Å²) in [6.07, 6.45) is 0. The zero-order chi connectivity index (χ0) is 35.3. The van der Waals surface area contributed by atoms with Crippen LogP contribution in [-0.2, 0) is 21.7 Å². The van der Waals surface area contributed by atoms with E-state index in [9.17, 15) is 20.4 Å². The number of rotatable bonds is 6. The van der Waals surface area contributed by atoms with Crippen LogP contribution in [-0.4, -0.2) is 20.4 Å². The monoisotopic (exact) mass is 690 g/mol. The lowest BCUT2D eigenvalue weighted by atomic mass is 9.87. The third-order valence-corrected chi connectivity index (χ3v) is 11.3. The average Bonchev–Trinajstić information content (AvgIpc) is 2.92. The summed E-state index contributed by atoms with van der Waals surface area (Å²) in [5, 5.41) is 45.1. The van der Waals surface area contributed by atoms with E-state index in [1.807, 2.05) is 48.5 Å². The van der Waals surface area contributed by atoms with Crippen LogP contribution in [0.15, 0.2) is 90.0 Å². The molecule has 4 N–H and O–H groups in total. The molecule has 0 atom stereocenters. The molecule has 7 heteroatoms. The fraction of sp³-hybridized carbons (Fsp3) is 0.400. The smallest absolute Gasteiger partial charge is 0.143 e. The van der Waals surface area contributed by atoms with Gasteiger partial charge >= 0.3 is 0 Å². The van der Waals surface area contributed by atoms with E-state index in [0.717, 1.165) is 22.3 Å². The number of hydrogen-bond donors (Lipinski definition) is 4. The zero-order valence-corrected chi connectivity index (χ0v) is 32.2. The van der Waals surface area contributed by atoms with Crippen molar-refractivity contribution in [1.82, 2.24) is 0 Å². The number of aromatic hydroxyl groups is 4. The first-order valence-corrected chi connectivity index (χ1v) is 18.4. The first-order valence-electron chi connectivity index (χ1n) is 15.9. The second-order valence-electron chi connectivity index (χ2n) is 16.3. The lowest BCUT2D eigenvalue weighted by Crippen LogP contribution is -2.12. The van der Waals surface area contributed by atoms with Crippen molar-refractivity contribution in [3.05, 3.63) is 82.9 Å². The summed E-state index contributed by atoms with van der Waals surface area (Å²) in [7, 11) is 0. The molecule has 47 heavy (non-hydrogen) atoms. The molecule has 0 aliphatic rings. The second kappa shape index (κ2) is 13.2. The molecule has 0 radical (unpaired) electrons. The SMILES string of the molecule is CC(C)(C)c1ccc(O)c(Sc2cc(C(C)(C)C)cc(Sc3cc(C(C)(C)C)cc(Sc4cc(C(C)(C)C)ccc4O)c3O)c2O)c1. The van der Waals surface area contributed by atoms with Gasteiger partial charge in [0, 0.05) is 0 Å². The molecule has 252 valence electrons. The van der Waals surface area contributed by atoms with Crippen LogP contribution in [0, 0.1) is 0 Å². The van der Waals surface area contributed by atoms with Crippen LogP contribution in [0.4, 0.5) is 0 Å². The van der Waals surface area contributed by atoms with Crippen molar-refractivity contribution < 1.29 is 20.4 Å². The fourth-order valence-electron chi connectivity index (χ4n) is 4.82. The molecule has 0 fully saturated rings. The van der Waals surface area contributed by atoms with Crippen LogP contribution in [0.3, 0.4) is 0 Å². The van der Waals surface area contributed by atoms with Crippen LogP contribution in [0.2, 0.25) is 0 Å². The van der Waals surface area contributed by atoms with Crippen molar-refractivity contribution in [2.75, 3.05) is 0 Å². The standard InChI is InChI=1S/C40H50O4S3/c1-37(2,3)23-13-15-27(41)29(17-23)45-31-19-25(39(7,8)9)21-33(35(31)43)47-34-22-26(40(10,11)12)20-32(36(34)44)46-30-18-24(38(4,5)6)14-16-28(30)42/h13-22,41-44H,1-12H3. The molecule has 0 aliphatic heterocycles. The Labute approximate surface area is 294 Å². The maximum Gasteiger partial charge on any atom is 0.143 e. The summed E-state index contributed by atoms with van der Waals surface area (Å²) in [5.74, 6) is 0.514. The number of benzene rings is 4. The van der Waals surface area contributed by atoms with Gasteiger partial charge in [0.15, 0.2) is 0 Å². The molecule has 0 heterocycles. The maximum absolute atomic E-state index is 11.7. The van der Waals surface area contributed by atoms with Crippen LogP contribution in [0.25, 0.3) is 0 Å². The summed E-state index contributed by atoms with van der Waals surface area (Å²) >= 11 is 4.00. The highest BCUT2D eigenvalue weighted by Gasteiger charge is 2.25. The molecule has 4 rings (SSSR count). The lowest BCUT2D eigenvalue weighted by Gasteiger charge is -2.24. The molecule has 0 saturated heterocycles. The predicted octanol–water partition coefficient (Wildman–Crippen LogP) is 12.2. The Kier molecular flexibility index (Phi) is 10.4. The Bertz CT molecular complexity index is 1650. The molecule has 0 aromatic heterocycles. The van der Waals surface area contributed by atoms with Gasteiger partial charge in [0.2, 0.25) is 0 Å². The first kappa shape index (κ1) is 37.0. The van der Waals surface area contributed by atoms with Gasteiger partial charge in [-0.15, -0.1) is 0 Å². The minimum Gasteiger partial charge on any atom is -0.507 e. The fourth-order valence-corrected chi connectivity index (χ4v) is 7.95. The third-order valence-electron chi connectivity index (χ3n) is 8.12. The van der Waals surface area contributed by atoms with Gasteiger partial charge < -0.3 is 20.4 Å². The van der Waals surface area contributed by atoms with E-state index in [-0.39, 0.29) is 44.7 Å².